The van der Waals surface area contributed by atoms with Crippen molar-refractivity contribution in [2.24, 2.45) is 5.92 Å². The first-order chi connectivity index (χ1) is 7.56. The van der Waals surface area contributed by atoms with Crippen LogP contribution in [0.1, 0.15) is 46.0 Å². The van der Waals surface area contributed by atoms with Crippen LogP contribution in [0.5, 0.6) is 0 Å². The highest BCUT2D eigenvalue weighted by Crippen LogP contribution is 2.06. The summed E-state index contributed by atoms with van der Waals surface area (Å²) < 4.78 is 5.21. The van der Waals surface area contributed by atoms with Crippen molar-refractivity contribution in [3.63, 3.8) is 0 Å². The Hall–Kier alpha value is -0.570. The zero-order valence-electron chi connectivity index (χ0n) is 11.3. The van der Waals surface area contributed by atoms with E-state index >= 15 is 0 Å². The quantitative estimate of drug-likeness (QED) is 0.450. The highest BCUT2D eigenvalue weighted by atomic mass is 16.5. The maximum Gasteiger partial charge on any atom is 0.305 e. The molecule has 0 amide bonds. The molecule has 1 atom stereocenters. The molecule has 1 unspecified atom stereocenters. The second kappa shape index (κ2) is 9.64. The fourth-order valence-electron chi connectivity index (χ4n) is 1.58. The third kappa shape index (κ3) is 9.97. The van der Waals surface area contributed by atoms with Crippen LogP contribution < -0.4 is 0 Å². The number of rotatable bonds is 9. The molecule has 0 aliphatic heterocycles. The smallest absolute Gasteiger partial charge is 0.305 e. The molecule has 0 aliphatic rings. The Labute approximate surface area is 100 Å². The van der Waals surface area contributed by atoms with Gasteiger partial charge in [0.1, 0.15) is 0 Å². The summed E-state index contributed by atoms with van der Waals surface area (Å²) >= 11 is 0. The highest BCUT2D eigenvalue weighted by Gasteiger charge is 2.06. The van der Waals surface area contributed by atoms with E-state index in [-0.39, 0.29) is 5.97 Å². The average molecular weight is 229 g/mol. The number of carbonyl (C=O) groups excluding carboxylic acids is 1. The summed E-state index contributed by atoms with van der Waals surface area (Å²) in [5.41, 5.74) is 0. The molecule has 0 heterocycles. The van der Waals surface area contributed by atoms with Gasteiger partial charge in [0, 0.05) is 6.42 Å². The van der Waals surface area contributed by atoms with Crippen LogP contribution in [0, 0.1) is 5.92 Å². The van der Waals surface area contributed by atoms with Crippen molar-refractivity contribution in [1.29, 1.82) is 0 Å². The average Bonchev–Trinajstić information content (AvgIpc) is 2.22. The summed E-state index contributed by atoms with van der Waals surface area (Å²) in [7, 11) is 4.09. The molecular weight excluding hydrogens is 202 g/mol. The Bertz CT molecular complexity index is 181. The summed E-state index contributed by atoms with van der Waals surface area (Å²) in [4.78, 5) is 13.5. The number of unbranched alkanes of at least 4 members (excludes halogenated alkanes) is 1. The van der Waals surface area contributed by atoms with Gasteiger partial charge in [0.05, 0.1) is 6.61 Å². The normalized spacial score (nSPS) is 12.8. The summed E-state index contributed by atoms with van der Waals surface area (Å²) in [5, 5.41) is 0. The Morgan fingerprint density at radius 2 is 2.00 bits per heavy atom. The van der Waals surface area contributed by atoms with Crippen molar-refractivity contribution >= 4 is 5.97 Å². The number of nitrogens with zero attached hydrogens (tertiary/aromatic N) is 1. The largest absolute Gasteiger partial charge is 0.465 e. The van der Waals surface area contributed by atoms with Crippen molar-refractivity contribution in [3.8, 4) is 0 Å². The van der Waals surface area contributed by atoms with Crippen molar-refractivity contribution in [3.05, 3.63) is 0 Å². The van der Waals surface area contributed by atoms with E-state index in [4.69, 9.17) is 4.74 Å². The second-order valence-electron chi connectivity index (χ2n) is 4.84. The van der Waals surface area contributed by atoms with Crippen molar-refractivity contribution < 1.29 is 9.53 Å². The number of hydrogen-bond acceptors (Lipinski definition) is 3. The number of hydrogen-bond donors (Lipinski definition) is 0. The van der Waals surface area contributed by atoms with Crippen LogP contribution in [0.4, 0.5) is 0 Å². The molecule has 0 saturated heterocycles. The van der Waals surface area contributed by atoms with E-state index in [1.165, 1.54) is 0 Å². The molecule has 0 aliphatic carbocycles. The van der Waals surface area contributed by atoms with E-state index in [0.29, 0.717) is 18.9 Å². The lowest BCUT2D eigenvalue weighted by Crippen LogP contribution is -2.14. The molecule has 0 N–H and O–H groups in total. The third-order valence-corrected chi connectivity index (χ3v) is 2.55. The molecule has 0 fully saturated rings. The molecule has 3 heteroatoms. The predicted molar refractivity (Wildman–Crippen MR) is 67.4 cm³/mol. The van der Waals surface area contributed by atoms with Gasteiger partial charge in [-0.1, -0.05) is 20.3 Å². The summed E-state index contributed by atoms with van der Waals surface area (Å²) in [6.45, 7) is 5.91. The van der Waals surface area contributed by atoms with Gasteiger partial charge in [-0.25, -0.2) is 0 Å². The number of ether oxygens (including phenoxy) is 1. The monoisotopic (exact) mass is 229 g/mol. The van der Waals surface area contributed by atoms with Crippen molar-refractivity contribution in [2.45, 2.75) is 46.0 Å². The van der Waals surface area contributed by atoms with Crippen LogP contribution in [0.2, 0.25) is 0 Å². The Kier molecular flexibility index (Phi) is 9.30. The first-order valence-electron chi connectivity index (χ1n) is 6.36. The number of esters is 1. The number of carbonyl (C=O) groups is 1. The first kappa shape index (κ1) is 15.4. The zero-order chi connectivity index (χ0) is 12.4. The van der Waals surface area contributed by atoms with E-state index in [1.807, 2.05) is 14.1 Å². The van der Waals surface area contributed by atoms with E-state index in [2.05, 4.69) is 18.7 Å². The van der Waals surface area contributed by atoms with Gasteiger partial charge in [0.25, 0.3) is 0 Å². The fraction of sp³-hybridized carbons (Fsp3) is 0.923. The van der Waals surface area contributed by atoms with Gasteiger partial charge in [0.2, 0.25) is 0 Å². The van der Waals surface area contributed by atoms with Gasteiger partial charge < -0.3 is 9.64 Å². The first-order valence-corrected chi connectivity index (χ1v) is 6.36. The minimum atomic E-state index is -0.0401. The second-order valence-corrected chi connectivity index (χ2v) is 4.84. The summed E-state index contributed by atoms with van der Waals surface area (Å²) in [5.74, 6) is 0.456. The molecule has 0 aromatic rings. The Morgan fingerprint density at radius 1 is 1.31 bits per heavy atom. The van der Waals surface area contributed by atoms with E-state index in [0.717, 1.165) is 32.2 Å². The molecule has 3 nitrogen and oxygen atoms in total. The minimum Gasteiger partial charge on any atom is -0.465 e. The minimum absolute atomic E-state index is 0.0401. The van der Waals surface area contributed by atoms with Gasteiger partial charge >= 0.3 is 5.97 Å². The molecule has 96 valence electrons. The summed E-state index contributed by atoms with van der Waals surface area (Å²) in [6.07, 6.45) is 4.84. The molecule has 0 rings (SSSR count). The van der Waals surface area contributed by atoms with E-state index < -0.39 is 0 Å². The van der Waals surface area contributed by atoms with Crippen molar-refractivity contribution in [1.82, 2.24) is 4.90 Å². The summed E-state index contributed by atoms with van der Waals surface area (Å²) in [6, 6.07) is 0. The molecule has 0 bridgehead atoms. The zero-order valence-corrected chi connectivity index (χ0v) is 11.3. The van der Waals surface area contributed by atoms with Crippen LogP contribution in [0.15, 0.2) is 0 Å². The maximum atomic E-state index is 11.4. The van der Waals surface area contributed by atoms with E-state index in [9.17, 15) is 4.79 Å². The van der Waals surface area contributed by atoms with Gasteiger partial charge in [0.15, 0.2) is 0 Å². The molecular formula is C13H27NO2. The van der Waals surface area contributed by atoms with Gasteiger partial charge in [-0.3, -0.25) is 4.79 Å². The van der Waals surface area contributed by atoms with Crippen LogP contribution in [-0.4, -0.2) is 38.1 Å². The van der Waals surface area contributed by atoms with Gasteiger partial charge in [-0.05, 0) is 45.8 Å². The molecule has 0 spiro atoms. The third-order valence-electron chi connectivity index (χ3n) is 2.55. The molecule has 0 aromatic carbocycles. The lowest BCUT2D eigenvalue weighted by Gasteiger charge is -2.11. The Balaban J connectivity index is 3.37. The predicted octanol–water partition coefficient (Wildman–Crippen LogP) is 2.70. The molecule has 16 heavy (non-hydrogen) atoms. The maximum absolute atomic E-state index is 11.4. The van der Waals surface area contributed by atoms with Crippen molar-refractivity contribution in [2.75, 3.05) is 27.2 Å². The van der Waals surface area contributed by atoms with Crippen LogP contribution in [0.3, 0.4) is 0 Å². The van der Waals surface area contributed by atoms with E-state index in [1.54, 1.807) is 0 Å². The molecule has 0 aromatic heterocycles. The van der Waals surface area contributed by atoms with Crippen LogP contribution in [0.25, 0.3) is 0 Å². The molecule has 0 radical (unpaired) electrons. The Morgan fingerprint density at radius 3 is 2.56 bits per heavy atom. The standard InChI is InChI=1S/C13H27NO2/c1-5-8-12(2)11-16-13(15)9-6-7-10-14(3)4/h12H,5-11H2,1-4H3. The van der Waals surface area contributed by atoms with Gasteiger partial charge in [-0.2, -0.15) is 0 Å². The van der Waals surface area contributed by atoms with Crippen LogP contribution in [-0.2, 0) is 9.53 Å². The lowest BCUT2D eigenvalue weighted by atomic mass is 10.1. The molecule has 0 saturated carbocycles. The van der Waals surface area contributed by atoms with Crippen LogP contribution >= 0.6 is 0 Å². The van der Waals surface area contributed by atoms with Gasteiger partial charge in [-0.15, -0.1) is 0 Å². The topological polar surface area (TPSA) is 29.5 Å². The lowest BCUT2D eigenvalue weighted by molar-refractivity contribution is -0.145. The highest BCUT2D eigenvalue weighted by molar-refractivity contribution is 5.69. The fourth-order valence-corrected chi connectivity index (χ4v) is 1.58. The SMILES string of the molecule is CCCC(C)COC(=O)CCCCN(C)C.